The first-order valence-electron chi connectivity index (χ1n) is 12.7. The molecule has 0 aromatic heterocycles. The maximum Gasteiger partial charge on any atom is 0.408 e. The highest BCUT2D eigenvalue weighted by Crippen LogP contribution is 2.50. The molecule has 0 fully saturated rings. The molecular weight excluding hydrogens is 555 g/mol. The highest BCUT2D eigenvalue weighted by Gasteiger charge is 2.32. The number of hydrogen-bond acceptors (Lipinski definition) is 6. The maximum atomic E-state index is 12.5. The van der Waals surface area contributed by atoms with E-state index < -0.39 is 23.7 Å². The minimum absolute atomic E-state index is 0.0799. The van der Waals surface area contributed by atoms with Gasteiger partial charge in [0.15, 0.2) is 0 Å². The molecule has 0 aliphatic carbocycles. The number of hydrogen-bond donors (Lipinski definition) is 2. The molecule has 4 rings (SSSR count). The number of rotatable bonds is 7. The fourth-order valence-electron chi connectivity index (χ4n) is 4.55. The van der Waals surface area contributed by atoms with Crippen LogP contribution in [0.1, 0.15) is 55.2 Å². The number of benzene rings is 3. The van der Waals surface area contributed by atoms with Gasteiger partial charge in [-0.3, -0.25) is 0 Å². The van der Waals surface area contributed by atoms with Gasteiger partial charge in [-0.1, -0.05) is 59.6 Å². The van der Waals surface area contributed by atoms with Crippen LogP contribution in [-0.4, -0.2) is 30.8 Å². The molecule has 3 unspecified atom stereocenters. The number of esters is 1. The van der Waals surface area contributed by atoms with Gasteiger partial charge in [-0.25, -0.2) is 9.59 Å². The summed E-state index contributed by atoms with van der Waals surface area (Å²) in [4.78, 5) is 26.1. The van der Waals surface area contributed by atoms with Gasteiger partial charge in [-0.15, -0.1) is 11.8 Å². The van der Waals surface area contributed by atoms with Crippen LogP contribution in [0, 0.1) is 0 Å². The predicted octanol–water partition coefficient (Wildman–Crippen LogP) is 7.99. The van der Waals surface area contributed by atoms with E-state index in [0.29, 0.717) is 10.0 Å². The average molecular weight is 588 g/mol. The normalized spacial score (nSPS) is 17.4. The van der Waals surface area contributed by atoms with Gasteiger partial charge in [0.2, 0.25) is 0 Å². The maximum absolute atomic E-state index is 12.5. The molecular formula is C30H32Cl2N2O4S. The van der Waals surface area contributed by atoms with Crippen molar-refractivity contribution in [1.82, 2.24) is 5.32 Å². The number of alkyl carbamates (subject to hydrolysis) is 1. The number of amides is 1. The number of fused-ring (bicyclic) bond motifs is 1. The molecule has 1 heterocycles. The van der Waals surface area contributed by atoms with Crippen molar-refractivity contribution in [2.24, 2.45) is 0 Å². The topological polar surface area (TPSA) is 76.7 Å². The molecule has 2 N–H and O–H groups in total. The highest BCUT2D eigenvalue weighted by atomic mass is 35.5. The minimum atomic E-state index is -0.894. The Morgan fingerprint density at radius 3 is 2.38 bits per heavy atom. The first-order chi connectivity index (χ1) is 18.5. The standard InChI is InChI=1S/C30H32Cl2N2O4S/c1-30(2,3)38-29(36)34-25(28(35)37-4)16-18-13-14-23-20(15-18)26(39-19-9-6-5-7-10-19)17-24(33-23)27-21(31)11-8-12-22(27)32/h5-15,24-26,33H,16-17H2,1-4H3,(H,34,36). The van der Waals surface area contributed by atoms with Crippen molar-refractivity contribution in [2.75, 3.05) is 12.4 Å². The number of halogens is 2. The molecule has 9 heteroatoms. The Morgan fingerprint density at radius 2 is 1.74 bits per heavy atom. The third kappa shape index (κ3) is 7.62. The number of anilines is 1. The molecule has 0 bridgehead atoms. The fraction of sp³-hybridized carbons (Fsp3) is 0.333. The zero-order chi connectivity index (χ0) is 28.2. The van der Waals surface area contributed by atoms with Crippen LogP contribution in [0.25, 0.3) is 0 Å². The van der Waals surface area contributed by atoms with Gasteiger partial charge in [-0.05, 0) is 68.7 Å². The molecule has 3 atom stereocenters. The van der Waals surface area contributed by atoms with Crippen LogP contribution >= 0.6 is 35.0 Å². The summed E-state index contributed by atoms with van der Waals surface area (Å²) < 4.78 is 10.3. The lowest BCUT2D eigenvalue weighted by Gasteiger charge is -2.34. The molecule has 3 aromatic carbocycles. The van der Waals surface area contributed by atoms with E-state index in [1.165, 1.54) is 7.11 Å². The largest absolute Gasteiger partial charge is 0.467 e. The van der Waals surface area contributed by atoms with Crippen LogP contribution < -0.4 is 10.6 Å². The van der Waals surface area contributed by atoms with E-state index in [4.69, 9.17) is 32.7 Å². The lowest BCUT2D eigenvalue weighted by molar-refractivity contribution is -0.143. The Kier molecular flexibility index (Phi) is 9.36. The first-order valence-corrected chi connectivity index (χ1v) is 14.3. The summed E-state index contributed by atoms with van der Waals surface area (Å²) >= 11 is 14.9. The van der Waals surface area contributed by atoms with E-state index in [0.717, 1.165) is 33.7 Å². The second-order valence-electron chi connectivity index (χ2n) is 10.3. The predicted molar refractivity (Wildman–Crippen MR) is 158 cm³/mol. The van der Waals surface area contributed by atoms with Crippen LogP contribution in [0.15, 0.2) is 71.6 Å². The van der Waals surface area contributed by atoms with E-state index >= 15 is 0 Å². The van der Waals surface area contributed by atoms with Crippen molar-refractivity contribution in [3.8, 4) is 0 Å². The molecule has 0 saturated heterocycles. The summed E-state index contributed by atoms with van der Waals surface area (Å²) in [7, 11) is 1.30. The molecule has 6 nitrogen and oxygen atoms in total. The van der Waals surface area contributed by atoms with Crippen molar-refractivity contribution in [3.05, 3.63) is 93.5 Å². The molecule has 206 valence electrons. The van der Waals surface area contributed by atoms with E-state index in [2.05, 4.69) is 28.8 Å². The van der Waals surface area contributed by atoms with Crippen molar-refractivity contribution < 1.29 is 19.1 Å². The second kappa shape index (κ2) is 12.5. The van der Waals surface area contributed by atoms with Gasteiger partial charge in [0.05, 0.1) is 13.2 Å². The summed E-state index contributed by atoms with van der Waals surface area (Å²) in [6, 6.07) is 20.8. The van der Waals surface area contributed by atoms with Gasteiger partial charge < -0.3 is 20.1 Å². The van der Waals surface area contributed by atoms with Gasteiger partial charge in [-0.2, -0.15) is 0 Å². The van der Waals surface area contributed by atoms with Crippen LogP contribution in [0.5, 0.6) is 0 Å². The summed E-state index contributed by atoms with van der Waals surface area (Å²) in [5.41, 5.74) is 3.14. The van der Waals surface area contributed by atoms with Crippen molar-refractivity contribution in [3.63, 3.8) is 0 Å². The molecule has 39 heavy (non-hydrogen) atoms. The lowest BCUT2D eigenvalue weighted by Crippen LogP contribution is -2.45. The minimum Gasteiger partial charge on any atom is -0.467 e. The van der Waals surface area contributed by atoms with Crippen LogP contribution in [0.3, 0.4) is 0 Å². The van der Waals surface area contributed by atoms with Crippen LogP contribution in [-0.2, 0) is 20.7 Å². The third-order valence-electron chi connectivity index (χ3n) is 6.23. The zero-order valence-corrected chi connectivity index (χ0v) is 24.6. The molecule has 3 aromatic rings. The Hall–Kier alpha value is -2.87. The SMILES string of the molecule is COC(=O)C(Cc1ccc2c(c1)C(Sc1ccccc1)CC(c1c(Cl)cccc1Cl)N2)NC(=O)OC(C)(C)C. The Balaban J connectivity index is 1.64. The summed E-state index contributed by atoms with van der Waals surface area (Å²) in [6.45, 7) is 5.30. The summed E-state index contributed by atoms with van der Waals surface area (Å²) in [5, 5.41) is 7.60. The Bertz CT molecular complexity index is 1310. The molecule has 0 saturated carbocycles. The number of nitrogens with one attached hydrogen (secondary N) is 2. The highest BCUT2D eigenvalue weighted by molar-refractivity contribution is 7.99. The molecule has 1 aliphatic heterocycles. The van der Waals surface area contributed by atoms with E-state index in [1.807, 2.05) is 48.5 Å². The van der Waals surface area contributed by atoms with Gasteiger partial charge in [0.25, 0.3) is 0 Å². The lowest BCUT2D eigenvalue weighted by atomic mass is 9.91. The molecule has 1 aliphatic rings. The number of carbonyl (C=O) groups is 2. The number of ether oxygens (including phenoxy) is 2. The van der Waals surface area contributed by atoms with Crippen molar-refractivity contribution in [2.45, 2.75) is 61.4 Å². The van der Waals surface area contributed by atoms with Crippen LogP contribution in [0.4, 0.5) is 10.5 Å². The second-order valence-corrected chi connectivity index (χ2v) is 12.4. The summed E-state index contributed by atoms with van der Waals surface area (Å²) in [5.74, 6) is -0.541. The third-order valence-corrected chi connectivity index (χ3v) is 8.16. The van der Waals surface area contributed by atoms with E-state index in [-0.39, 0.29) is 17.7 Å². The van der Waals surface area contributed by atoms with Gasteiger partial charge in [0.1, 0.15) is 11.6 Å². The quantitative estimate of drug-likeness (QED) is 0.273. The smallest absolute Gasteiger partial charge is 0.408 e. The Morgan fingerprint density at radius 1 is 1.05 bits per heavy atom. The van der Waals surface area contributed by atoms with E-state index in [9.17, 15) is 9.59 Å². The van der Waals surface area contributed by atoms with Crippen LogP contribution in [0.2, 0.25) is 10.0 Å². The zero-order valence-electron chi connectivity index (χ0n) is 22.3. The fourth-order valence-corrected chi connectivity index (χ4v) is 6.47. The number of carbonyl (C=O) groups excluding carboxylic acids is 2. The Labute approximate surface area is 243 Å². The monoisotopic (exact) mass is 586 g/mol. The van der Waals surface area contributed by atoms with E-state index in [1.54, 1.807) is 32.5 Å². The van der Waals surface area contributed by atoms with Gasteiger partial charge >= 0.3 is 12.1 Å². The average Bonchev–Trinajstić information content (AvgIpc) is 2.87. The van der Waals surface area contributed by atoms with Crippen molar-refractivity contribution in [1.29, 1.82) is 0 Å². The first kappa shape index (κ1) is 29.1. The van der Waals surface area contributed by atoms with Crippen molar-refractivity contribution >= 4 is 52.7 Å². The number of methoxy groups -OCH3 is 1. The van der Waals surface area contributed by atoms with Gasteiger partial charge in [0, 0.05) is 37.9 Å². The molecule has 0 spiro atoms. The summed E-state index contributed by atoms with van der Waals surface area (Å²) in [6.07, 6.45) is 0.326. The number of thioether (sulfide) groups is 1. The molecule has 0 radical (unpaired) electrons. The molecule has 1 amide bonds.